The van der Waals surface area contributed by atoms with Crippen molar-refractivity contribution in [2.45, 2.75) is 39.5 Å². The van der Waals surface area contributed by atoms with Crippen LogP contribution in [0.15, 0.2) is 18.2 Å². The number of thiazole rings is 1. The molecular formula is C17H21N3OS. The number of hydrogen-bond donors (Lipinski definition) is 1. The number of anilines is 2. The van der Waals surface area contributed by atoms with E-state index in [2.05, 4.69) is 11.9 Å². The van der Waals surface area contributed by atoms with Gasteiger partial charge in [0, 0.05) is 17.9 Å². The Bertz CT molecular complexity index is 708. The van der Waals surface area contributed by atoms with Crippen molar-refractivity contribution >= 4 is 28.6 Å². The highest BCUT2D eigenvalue weighted by molar-refractivity contribution is 7.13. The van der Waals surface area contributed by atoms with Gasteiger partial charge >= 0.3 is 0 Å². The summed E-state index contributed by atoms with van der Waals surface area (Å²) in [4.78, 5) is 20.1. The maximum atomic E-state index is 13.0. The topological polar surface area (TPSA) is 59.2 Å². The van der Waals surface area contributed by atoms with Crippen LogP contribution in [0.3, 0.4) is 0 Å². The van der Waals surface area contributed by atoms with Crippen LogP contribution in [0.5, 0.6) is 0 Å². The number of nitrogens with zero attached hydrogens (tertiary/aromatic N) is 2. The van der Waals surface area contributed by atoms with Crippen LogP contribution in [-0.4, -0.2) is 17.4 Å². The third kappa shape index (κ3) is 2.61. The fourth-order valence-electron chi connectivity index (χ4n) is 2.96. The molecule has 1 aliphatic rings. The first-order valence-electron chi connectivity index (χ1n) is 7.77. The molecule has 0 radical (unpaired) electrons. The molecule has 1 aliphatic heterocycles. The van der Waals surface area contributed by atoms with Crippen LogP contribution in [-0.2, 0) is 12.8 Å². The summed E-state index contributed by atoms with van der Waals surface area (Å²) < 4.78 is 0. The Morgan fingerprint density at radius 3 is 3.05 bits per heavy atom. The summed E-state index contributed by atoms with van der Waals surface area (Å²) in [5.74, 6) is 0.0592. The second-order valence-corrected chi connectivity index (χ2v) is 6.76. The van der Waals surface area contributed by atoms with Crippen molar-refractivity contribution in [3.63, 3.8) is 0 Å². The predicted octanol–water partition coefficient (Wildman–Crippen LogP) is 3.58. The standard InChI is InChI=1S/C17H21N3OS/c1-3-6-15-19-11(2)16(22-15)17(21)20-10-5-7-12-13(18)8-4-9-14(12)20/h4,8-9H,3,5-7,10,18H2,1-2H3. The van der Waals surface area contributed by atoms with Crippen molar-refractivity contribution in [3.8, 4) is 0 Å². The van der Waals surface area contributed by atoms with Crippen molar-refractivity contribution in [1.82, 2.24) is 4.98 Å². The minimum absolute atomic E-state index is 0.0592. The molecule has 0 aliphatic carbocycles. The van der Waals surface area contributed by atoms with E-state index in [0.717, 1.165) is 64.7 Å². The molecule has 0 saturated carbocycles. The van der Waals surface area contributed by atoms with Crippen LogP contribution in [0.4, 0.5) is 11.4 Å². The fourth-order valence-corrected chi connectivity index (χ4v) is 4.07. The van der Waals surface area contributed by atoms with Gasteiger partial charge in [0.05, 0.1) is 10.7 Å². The maximum Gasteiger partial charge on any atom is 0.270 e. The molecule has 4 nitrogen and oxygen atoms in total. The van der Waals surface area contributed by atoms with E-state index in [0.29, 0.717) is 0 Å². The number of benzene rings is 1. The van der Waals surface area contributed by atoms with Crippen LogP contribution in [0.25, 0.3) is 0 Å². The van der Waals surface area contributed by atoms with E-state index in [1.165, 1.54) is 11.3 Å². The van der Waals surface area contributed by atoms with Crippen molar-refractivity contribution in [2.75, 3.05) is 17.2 Å². The van der Waals surface area contributed by atoms with E-state index in [9.17, 15) is 4.79 Å². The minimum Gasteiger partial charge on any atom is -0.398 e. The first-order valence-corrected chi connectivity index (χ1v) is 8.59. The van der Waals surface area contributed by atoms with Gasteiger partial charge in [0.15, 0.2) is 0 Å². The molecule has 0 saturated heterocycles. The second kappa shape index (κ2) is 6.08. The highest BCUT2D eigenvalue weighted by atomic mass is 32.1. The molecule has 5 heteroatoms. The lowest BCUT2D eigenvalue weighted by Crippen LogP contribution is -2.35. The Labute approximate surface area is 135 Å². The first-order chi connectivity index (χ1) is 10.6. The Balaban J connectivity index is 1.96. The van der Waals surface area contributed by atoms with Crippen LogP contribution < -0.4 is 10.6 Å². The van der Waals surface area contributed by atoms with Gasteiger partial charge in [-0.2, -0.15) is 0 Å². The van der Waals surface area contributed by atoms with E-state index in [-0.39, 0.29) is 5.91 Å². The molecule has 2 N–H and O–H groups in total. The van der Waals surface area contributed by atoms with Crippen LogP contribution >= 0.6 is 11.3 Å². The summed E-state index contributed by atoms with van der Waals surface area (Å²) in [6.07, 6.45) is 3.87. The molecule has 3 rings (SSSR count). The minimum atomic E-state index is 0.0592. The first kappa shape index (κ1) is 15.0. The number of aryl methyl sites for hydroxylation is 2. The van der Waals surface area contributed by atoms with Gasteiger partial charge in [-0.05, 0) is 50.3 Å². The fraction of sp³-hybridized carbons (Fsp3) is 0.412. The van der Waals surface area contributed by atoms with Crippen LogP contribution in [0.1, 0.15) is 45.7 Å². The molecular weight excluding hydrogens is 294 g/mol. The van der Waals surface area contributed by atoms with Gasteiger partial charge in [0.1, 0.15) is 4.88 Å². The lowest BCUT2D eigenvalue weighted by atomic mass is 9.99. The van der Waals surface area contributed by atoms with Gasteiger partial charge in [-0.15, -0.1) is 11.3 Å². The largest absolute Gasteiger partial charge is 0.398 e. The Hall–Kier alpha value is -1.88. The number of nitrogens with two attached hydrogens (primary N) is 1. The molecule has 0 fully saturated rings. The molecule has 116 valence electrons. The molecule has 1 amide bonds. The predicted molar refractivity (Wildman–Crippen MR) is 91.7 cm³/mol. The highest BCUT2D eigenvalue weighted by Crippen LogP contribution is 2.33. The number of carbonyl (C=O) groups excluding carboxylic acids is 1. The number of fused-ring (bicyclic) bond motifs is 1. The van der Waals surface area contributed by atoms with E-state index in [1.54, 1.807) is 0 Å². The van der Waals surface area contributed by atoms with E-state index < -0.39 is 0 Å². The summed E-state index contributed by atoms with van der Waals surface area (Å²) in [5.41, 5.74) is 9.75. The lowest BCUT2D eigenvalue weighted by Gasteiger charge is -2.30. The number of hydrogen-bond acceptors (Lipinski definition) is 4. The highest BCUT2D eigenvalue weighted by Gasteiger charge is 2.27. The summed E-state index contributed by atoms with van der Waals surface area (Å²) in [5, 5.41) is 1.05. The second-order valence-electron chi connectivity index (χ2n) is 5.68. The normalized spacial score (nSPS) is 14.0. The number of aromatic nitrogens is 1. The number of nitrogen functional groups attached to an aromatic ring is 1. The van der Waals surface area contributed by atoms with Gasteiger partial charge in [-0.1, -0.05) is 13.0 Å². The number of amides is 1. The number of carbonyl (C=O) groups is 1. The van der Waals surface area contributed by atoms with Gasteiger partial charge < -0.3 is 10.6 Å². The molecule has 22 heavy (non-hydrogen) atoms. The zero-order chi connectivity index (χ0) is 15.7. The van der Waals surface area contributed by atoms with Crippen molar-refractivity contribution in [1.29, 1.82) is 0 Å². The zero-order valence-corrected chi connectivity index (χ0v) is 13.9. The van der Waals surface area contributed by atoms with Gasteiger partial charge in [0.2, 0.25) is 0 Å². The van der Waals surface area contributed by atoms with Crippen molar-refractivity contribution in [2.24, 2.45) is 0 Å². The molecule has 0 bridgehead atoms. The van der Waals surface area contributed by atoms with Crippen LogP contribution in [0, 0.1) is 6.92 Å². The third-order valence-electron chi connectivity index (χ3n) is 4.03. The molecule has 1 aromatic carbocycles. The average Bonchev–Trinajstić information content (AvgIpc) is 2.87. The monoisotopic (exact) mass is 315 g/mol. The number of rotatable bonds is 3. The van der Waals surface area contributed by atoms with Crippen LogP contribution in [0.2, 0.25) is 0 Å². The summed E-state index contributed by atoms with van der Waals surface area (Å²) in [6.45, 7) is 4.80. The quantitative estimate of drug-likeness (QED) is 0.881. The zero-order valence-electron chi connectivity index (χ0n) is 13.1. The maximum absolute atomic E-state index is 13.0. The van der Waals surface area contributed by atoms with Gasteiger partial charge in [-0.25, -0.2) is 4.98 Å². The Kier molecular flexibility index (Phi) is 4.16. The third-order valence-corrected chi connectivity index (χ3v) is 5.24. The smallest absolute Gasteiger partial charge is 0.270 e. The van der Waals surface area contributed by atoms with Gasteiger partial charge in [-0.3, -0.25) is 4.79 Å². The van der Waals surface area contributed by atoms with E-state index in [1.807, 2.05) is 30.0 Å². The Morgan fingerprint density at radius 2 is 2.27 bits per heavy atom. The van der Waals surface area contributed by atoms with Gasteiger partial charge in [0.25, 0.3) is 5.91 Å². The Morgan fingerprint density at radius 1 is 1.45 bits per heavy atom. The van der Waals surface area contributed by atoms with Crippen molar-refractivity contribution in [3.05, 3.63) is 39.3 Å². The molecule has 0 atom stereocenters. The lowest BCUT2D eigenvalue weighted by molar-refractivity contribution is 0.0988. The van der Waals surface area contributed by atoms with Crippen molar-refractivity contribution < 1.29 is 4.79 Å². The SMILES string of the molecule is CCCc1nc(C)c(C(=O)N2CCCc3c(N)cccc32)s1. The summed E-state index contributed by atoms with van der Waals surface area (Å²) in [6, 6.07) is 5.82. The molecule has 1 aromatic heterocycles. The average molecular weight is 315 g/mol. The molecule has 2 heterocycles. The molecule has 0 spiro atoms. The van der Waals surface area contributed by atoms with E-state index in [4.69, 9.17) is 5.73 Å². The molecule has 0 unspecified atom stereocenters. The molecule has 2 aromatic rings. The summed E-state index contributed by atoms with van der Waals surface area (Å²) >= 11 is 1.53. The van der Waals surface area contributed by atoms with E-state index >= 15 is 0 Å². The summed E-state index contributed by atoms with van der Waals surface area (Å²) in [7, 11) is 0.